The fourth-order valence-electron chi connectivity index (χ4n) is 2.82. The zero-order valence-electron chi connectivity index (χ0n) is 14.7. The summed E-state index contributed by atoms with van der Waals surface area (Å²) in [5.74, 6) is 1.06. The molecule has 1 saturated heterocycles. The van der Waals surface area contributed by atoms with Crippen molar-refractivity contribution in [3.05, 3.63) is 41.7 Å². The van der Waals surface area contributed by atoms with E-state index in [1.54, 1.807) is 6.07 Å². The van der Waals surface area contributed by atoms with E-state index >= 15 is 0 Å². The number of hydrogen-bond donors (Lipinski definition) is 2. The maximum atomic E-state index is 12.3. The number of nitrogens with one attached hydrogen (secondary N) is 2. The van der Waals surface area contributed by atoms with Crippen molar-refractivity contribution >= 4 is 11.6 Å². The number of ether oxygens (including phenoxy) is 2. The number of amides is 1. The predicted octanol–water partition coefficient (Wildman–Crippen LogP) is 3.42. The highest BCUT2D eigenvalue weighted by Crippen LogP contribution is 2.19. The van der Waals surface area contributed by atoms with Gasteiger partial charge in [-0.2, -0.15) is 5.10 Å². The van der Waals surface area contributed by atoms with Gasteiger partial charge in [0, 0.05) is 18.0 Å². The van der Waals surface area contributed by atoms with Crippen molar-refractivity contribution in [2.24, 2.45) is 5.92 Å². The van der Waals surface area contributed by atoms with E-state index in [9.17, 15) is 4.79 Å². The summed E-state index contributed by atoms with van der Waals surface area (Å²) in [5, 5.41) is 9.84. The van der Waals surface area contributed by atoms with Crippen LogP contribution in [-0.4, -0.2) is 35.4 Å². The number of nitrogens with zero attached hydrogens (tertiary/aromatic N) is 1. The third-order valence-corrected chi connectivity index (χ3v) is 4.06. The van der Waals surface area contributed by atoms with Gasteiger partial charge in [0.25, 0.3) is 5.91 Å². The molecule has 2 N–H and O–H groups in total. The van der Waals surface area contributed by atoms with Crippen LogP contribution in [0.25, 0.3) is 0 Å². The van der Waals surface area contributed by atoms with E-state index in [0.717, 1.165) is 37.3 Å². The van der Waals surface area contributed by atoms with Crippen LogP contribution in [0.2, 0.25) is 0 Å². The van der Waals surface area contributed by atoms with E-state index in [-0.39, 0.29) is 12.0 Å². The molecule has 0 radical (unpaired) electrons. The molecule has 6 heteroatoms. The van der Waals surface area contributed by atoms with Crippen molar-refractivity contribution in [3.8, 4) is 5.75 Å². The summed E-state index contributed by atoms with van der Waals surface area (Å²) in [7, 11) is 0. The number of carbonyl (C=O) groups excluding carboxylic acids is 1. The minimum absolute atomic E-state index is 0.194. The van der Waals surface area contributed by atoms with E-state index in [0.29, 0.717) is 23.9 Å². The molecule has 1 fully saturated rings. The SMILES string of the molecule is CC(C)Cc1cc(C(=O)Nc2ccc(OCC3CCCO3)cc2)n[nH]1. The molecule has 1 unspecified atom stereocenters. The first kappa shape index (κ1) is 17.5. The second-order valence-electron chi connectivity index (χ2n) is 6.80. The molecular weight excluding hydrogens is 318 g/mol. The number of benzene rings is 1. The predicted molar refractivity (Wildman–Crippen MR) is 96.0 cm³/mol. The van der Waals surface area contributed by atoms with Crippen LogP contribution in [0.4, 0.5) is 5.69 Å². The Balaban J connectivity index is 1.51. The van der Waals surface area contributed by atoms with Crippen molar-refractivity contribution in [3.63, 3.8) is 0 Å². The average molecular weight is 343 g/mol. The van der Waals surface area contributed by atoms with Gasteiger partial charge >= 0.3 is 0 Å². The molecule has 25 heavy (non-hydrogen) atoms. The second kappa shape index (κ2) is 8.16. The van der Waals surface area contributed by atoms with E-state index < -0.39 is 0 Å². The van der Waals surface area contributed by atoms with Crippen molar-refractivity contribution in [1.29, 1.82) is 0 Å². The molecule has 3 rings (SSSR count). The molecule has 6 nitrogen and oxygen atoms in total. The van der Waals surface area contributed by atoms with Gasteiger partial charge < -0.3 is 14.8 Å². The lowest BCUT2D eigenvalue weighted by atomic mass is 10.1. The van der Waals surface area contributed by atoms with Gasteiger partial charge in [-0.25, -0.2) is 0 Å². The minimum atomic E-state index is -0.223. The Kier molecular flexibility index (Phi) is 5.71. The van der Waals surface area contributed by atoms with Crippen LogP contribution in [0.1, 0.15) is 42.9 Å². The first-order valence-electron chi connectivity index (χ1n) is 8.80. The second-order valence-corrected chi connectivity index (χ2v) is 6.80. The van der Waals surface area contributed by atoms with E-state index in [1.165, 1.54) is 0 Å². The smallest absolute Gasteiger partial charge is 0.276 e. The number of aromatic amines is 1. The molecule has 2 heterocycles. The van der Waals surface area contributed by atoms with Gasteiger partial charge in [-0.3, -0.25) is 9.89 Å². The van der Waals surface area contributed by atoms with E-state index in [2.05, 4.69) is 29.4 Å². The fourth-order valence-corrected chi connectivity index (χ4v) is 2.82. The number of hydrogen-bond acceptors (Lipinski definition) is 4. The third-order valence-electron chi connectivity index (χ3n) is 4.06. The molecule has 2 aromatic rings. The normalized spacial score (nSPS) is 17.0. The largest absolute Gasteiger partial charge is 0.491 e. The molecular formula is C19H25N3O3. The Morgan fingerprint density at radius 1 is 1.40 bits per heavy atom. The van der Waals surface area contributed by atoms with Crippen LogP contribution in [0, 0.1) is 5.92 Å². The molecule has 0 saturated carbocycles. The molecule has 1 aliphatic heterocycles. The first-order chi connectivity index (χ1) is 12.1. The summed E-state index contributed by atoms with van der Waals surface area (Å²) in [6, 6.07) is 9.14. The Bertz CT molecular complexity index is 688. The van der Waals surface area contributed by atoms with Crippen molar-refractivity contribution in [2.45, 2.75) is 39.2 Å². The number of anilines is 1. The molecule has 0 spiro atoms. The molecule has 0 aliphatic carbocycles. The molecule has 134 valence electrons. The zero-order valence-corrected chi connectivity index (χ0v) is 14.7. The Morgan fingerprint density at radius 2 is 2.20 bits per heavy atom. The van der Waals surface area contributed by atoms with Crippen molar-refractivity contribution in [1.82, 2.24) is 10.2 Å². The minimum Gasteiger partial charge on any atom is -0.491 e. The first-order valence-corrected chi connectivity index (χ1v) is 8.80. The van der Waals surface area contributed by atoms with Crippen molar-refractivity contribution in [2.75, 3.05) is 18.5 Å². The Labute approximate surface area is 147 Å². The lowest BCUT2D eigenvalue weighted by Gasteiger charge is -2.11. The fraction of sp³-hybridized carbons (Fsp3) is 0.474. The Hall–Kier alpha value is -2.34. The monoisotopic (exact) mass is 343 g/mol. The number of aromatic nitrogens is 2. The standard InChI is InChI=1S/C19H25N3O3/c1-13(2)10-15-11-18(22-21-15)19(23)20-14-5-7-16(8-6-14)25-12-17-4-3-9-24-17/h5-8,11,13,17H,3-4,9-10,12H2,1-2H3,(H,20,23)(H,21,22). The Morgan fingerprint density at radius 3 is 2.88 bits per heavy atom. The highest BCUT2D eigenvalue weighted by Gasteiger charge is 2.16. The molecule has 1 aromatic heterocycles. The van der Waals surface area contributed by atoms with Gasteiger partial charge in [-0.1, -0.05) is 13.8 Å². The number of rotatable bonds is 7. The highest BCUT2D eigenvalue weighted by molar-refractivity contribution is 6.02. The van der Waals surface area contributed by atoms with Gasteiger partial charge in [0.1, 0.15) is 12.4 Å². The van der Waals surface area contributed by atoms with Crippen LogP contribution in [-0.2, 0) is 11.2 Å². The number of H-pyrrole nitrogens is 1. The van der Waals surface area contributed by atoms with Crippen LogP contribution in [0.5, 0.6) is 5.75 Å². The molecule has 1 atom stereocenters. The lowest BCUT2D eigenvalue weighted by Crippen LogP contribution is -2.16. The molecule has 1 aliphatic rings. The topological polar surface area (TPSA) is 76.2 Å². The van der Waals surface area contributed by atoms with Crippen LogP contribution >= 0.6 is 0 Å². The van der Waals surface area contributed by atoms with Gasteiger partial charge in [-0.15, -0.1) is 0 Å². The van der Waals surface area contributed by atoms with Gasteiger partial charge in [-0.05, 0) is 55.5 Å². The van der Waals surface area contributed by atoms with Crippen LogP contribution in [0.15, 0.2) is 30.3 Å². The molecule has 1 aromatic carbocycles. The number of carbonyl (C=O) groups is 1. The lowest BCUT2D eigenvalue weighted by molar-refractivity contribution is 0.0679. The third kappa shape index (κ3) is 5.06. The maximum Gasteiger partial charge on any atom is 0.276 e. The summed E-state index contributed by atoms with van der Waals surface area (Å²) >= 11 is 0. The highest BCUT2D eigenvalue weighted by atomic mass is 16.5. The van der Waals surface area contributed by atoms with Crippen molar-refractivity contribution < 1.29 is 14.3 Å². The molecule has 1 amide bonds. The quantitative estimate of drug-likeness (QED) is 0.808. The summed E-state index contributed by atoms with van der Waals surface area (Å²) in [6.07, 6.45) is 3.22. The summed E-state index contributed by atoms with van der Waals surface area (Å²) in [4.78, 5) is 12.3. The summed E-state index contributed by atoms with van der Waals surface area (Å²) < 4.78 is 11.3. The van der Waals surface area contributed by atoms with Crippen LogP contribution < -0.4 is 10.1 Å². The summed E-state index contributed by atoms with van der Waals surface area (Å²) in [6.45, 7) is 5.65. The molecule has 0 bridgehead atoms. The maximum absolute atomic E-state index is 12.3. The van der Waals surface area contributed by atoms with E-state index in [1.807, 2.05) is 24.3 Å². The average Bonchev–Trinajstić information content (AvgIpc) is 3.25. The summed E-state index contributed by atoms with van der Waals surface area (Å²) in [5.41, 5.74) is 2.08. The van der Waals surface area contributed by atoms with Crippen LogP contribution in [0.3, 0.4) is 0 Å². The zero-order chi connectivity index (χ0) is 17.6. The van der Waals surface area contributed by atoms with Gasteiger partial charge in [0.15, 0.2) is 5.69 Å². The van der Waals surface area contributed by atoms with Gasteiger partial charge in [0.05, 0.1) is 6.10 Å². The van der Waals surface area contributed by atoms with E-state index in [4.69, 9.17) is 9.47 Å². The van der Waals surface area contributed by atoms with Gasteiger partial charge in [0.2, 0.25) is 0 Å².